The van der Waals surface area contributed by atoms with Gasteiger partial charge < -0.3 is 10.2 Å². The van der Waals surface area contributed by atoms with Crippen LogP contribution in [-0.2, 0) is 32.6 Å². The molecule has 0 fully saturated rings. The second-order valence-corrected chi connectivity index (χ2v) is 9.57. The van der Waals surface area contributed by atoms with Crippen molar-refractivity contribution in [1.82, 2.24) is 10.2 Å². The van der Waals surface area contributed by atoms with E-state index < -0.39 is 28.5 Å². The van der Waals surface area contributed by atoms with Crippen LogP contribution in [-0.4, -0.2) is 51.0 Å². The zero-order chi connectivity index (χ0) is 23.2. The van der Waals surface area contributed by atoms with E-state index in [0.717, 1.165) is 28.1 Å². The van der Waals surface area contributed by atoms with E-state index in [1.807, 2.05) is 19.1 Å². The number of amides is 2. The Bertz CT molecular complexity index is 1030. The number of benzene rings is 2. The number of halogens is 1. The lowest BCUT2D eigenvalue weighted by Gasteiger charge is -2.31. The maximum Gasteiger partial charge on any atom is 0.244 e. The number of nitrogens with zero attached hydrogens (tertiary/aromatic N) is 2. The molecule has 0 radical (unpaired) electrons. The van der Waals surface area contributed by atoms with Gasteiger partial charge in [-0.1, -0.05) is 42.8 Å². The van der Waals surface area contributed by atoms with Gasteiger partial charge in [-0.05, 0) is 48.7 Å². The summed E-state index contributed by atoms with van der Waals surface area (Å²) in [5.41, 5.74) is 2.18. The molecule has 168 valence electrons. The summed E-state index contributed by atoms with van der Waals surface area (Å²) in [7, 11) is -2.25. The Kier molecular flexibility index (Phi) is 8.47. The molecule has 2 amide bonds. The predicted octanol–water partition coefficient (Wildman–Crippen LogP) is 2.83. The van der Waals surface area contributed by atoms with Gasteiger partial charge in [0.1, 0.15) is 12.6 Å². The Balaban J connectivity index is 2.36. The molecule has 0 aromatic heterocycles. The Morgan fingerprint density at radius 3 is 2.26 bits per heavy atom. The van der Waals surface area contributed by atoms with Crippen LogP contribution in [0.15, 0.2) is 48.5 Å². The second-order valence-electron chi connectivity index (χ2n) is 7.23. The molecule has 0 unspecified atom stereocenters. The van der Waals surface area contributed by atoms with Crippen LogP contribution in [0.5, 0.6) is 0 Å². The fourth-order valence-corrected chi connectivity index (χ4v) is 4.20. The predicted molar refractivity (Wildman–Crippen MR) is 124 cm³/mol. The van der Waals surface area contributed by atoms with Crippen molar-refractivity contribution in [1.29, 1.82) is 0 Å². The minimum absolute atomic E-state index is 0.111. The Labute approximate surface area is 189 Å². The van der Waals surface area contributed by atoms with Gasteiger partial charge in [-0.3, -0.25) is 13.9 Å². The molecule has 2 aromatic rings. The molecule has 0 aliphatic carbocycles. The van der Waals surface area contributed by atoms with Crippen LogP contribution in [0.1, 0.15) is 25.0 Å². The molecule has 0 saturated carbocycles. The lowest BCUT2D eigenvalue weighted by atomic mass is 10.1. The van der Waals surface area contributed by atoms with Crippen molar-refractivity contribution < 1.29 is 18.0 Å². The fraction of sp³-hybridized carbons (Fsp3) is 0.364. The SMILES string of the molecule is CCc1ccc(N(CC(=O)N(Cc2cccc(Cl)c2)[C@H](C)C(=O)NC)S(C)(=O)=O)cc1. The van der Waals surface area contributed by atoms with E-state index in [1.54, 1.807) is 43.3 Å². The van der Waals surface area contributed by atoms with Crippen LogP contribution in [0, 0.1) is 0 Å². The molecule has 2 rings (SSSR count). The van der Waals surface area contributed by atoms with Gasteiger partial charge in [-0.2, -0.15) is 0 Å². The van der Waals surface area contributed by atoms with Gasteiger partial charge in [-0.15, -0.1) is 0 Å². The number of hydrogen-bond donors (Lipinski definition) is 1. The van der Waals surface area contributed by atoms with Crippen molar-refractivity contribution >= 4 is 39.1 Å². The first-order chi connectivity index (χ1) is 14.6. The molecule has 31 heavy (non-hydrogen) atoms. The number of anilines is 1. The molecule has 0 heterocycles. The molecule has 0 bridgehead atoms. The molecule has 7 nitrogen and oxygen atoms in total. The Hall–Kier alpha value is -2.58. The summed E-state index contributed by atoms with van der Waals surface area (Å²) < 4.78 is 26.0. The molecule has 1 atom stereocenters. The van der Waals surface area contributed by atoms with E-state index in [0.29, 0.717) is 10.7 Å². The zero-order valence-corrected chi connectivity index (χ0v) is 19.7. The van der Waals surface area contributed by atoms with Crippen molar-refractivity contribution in [2.24, 2.45) is 0 Å². The monoisotopic (exact) mass is 465 g/mol. The third-order valence-electron chi connectivity index (χ3n) is 4.97. The summed E-state index contributed by atoms with van der Waals surface area (Å²) in [6.45, 7) is 3.29. The summed E-state index contributed by atoms with van der Waals surface area (Å²) in [6.07, 6.45) is 1.87. The van der Waals surface area contributed by atoms with Crippen LogP contribution in [0.3, 0.4) is 0 Å². The van der Waals surface area contributed by atoms with Crippen molar-refractivity contribution in [3.8, 4) is 0 Å². The summed E-state index contributed by atoms with van der Waals surface area (Å²) in [5.74, 6) is -0.852. The maximum atomic E-state index is 13.3. The van der Waals surface area contributed by atoms with Gasteiger partial charge in [0.2, 0.25) is 21.8 Å². The smallest absolute Gasteiger partial charge is 0.244 e. The van der Waals surface area contributed by atoms with Gasteiger partial charge in [0, 0.05) is 18.6 Å². The quantitative estimate of drug-likeness (QED) is 0.617. The lowest BCUT2D eigenvalue weighted by molar-refractivity contribution is -0.139. The third-order valence-corrected chi connectivity index (χ3v) is 6.34. The molecule has 2 aromatic carbocycles. The van der Waals surface area contributed by atoms with Gasteiger partial charge >= 0.3 is 0 Å². The molecular weight excluding hydrogens is 438 g/mol. The largest absolute Gasteiger partial charge is 0.357 e. The highest BCUT2D eigenvalue weighted by Crippen LogP contribution is 2.20. The van der Waals surface area contributed by atoms with Crippen LogP contribution < -0.4 is 9.62 Å². The van der Waals surface area contributed by atoms with Gasteiger partial charge in [0.25, 0.3) is 0 Å². The van der Waals surface area contributed by atoms with Gasteiger partial charge in [0.15, 0.2) is 0 Å². The first-order valence-electron chi connectivity index (χ1n) is 9.89. The molecule has 0 aliphatic rings. The molecular formula is C22H28ClN3O4S. The van der Waals surface area contributed by atoms with Crippen molar-refractivity contribution in [2.45, 2.75) is 32.9 Å². The second kappa shape index (κ2) is 10.6. The molecule has 9 heteroatoms. The highest BCUT2D eigenvalue weighted by atomic mass is 35.5. The minimum atomic E-state index is -3.73. The standard InChI is InChI=1S/C22H28ClN3O4S/c1-5-17-9-11-20(12-10-17)26(31(4,29)30)15-21(27)25(16(2)22(28)24-3)14-18-7-6-8-19(23)13-18/h6-13,16H,5,14-15H2,1-4H3,(H,24,28)/t16-/m1/s1. The maximum absolute atomic E-state index is 13.3. The fourth-order valence-electron chi connectivity index (χ4n) is 3.14. The van der Waals surface area contributed by atoms with E-state index in [9.17, 15) is 18.0 Å². The van der Waals surface area contributed by atoms with Crippen LogP contribution in [0.2, 0.25) is 5.02 Å². The third kappa shape index (κ3) is 6.70. The van der Waals surface area contributed by atoms with Gasteiger partial charge in [-0.25, -0.2) is 8.42 Å². The number of rotatable bonds is 9. The van der Waals surface area contributed by atoms with E-state index in [1.165, 1.54) is 11.9 Å². The van der Waals surface area contributed by atoms with Crippen molar-refractivity contribution in [3.63, 3.8) is 0 Å². The van der Waals surface area contributed by atoms with Crippen molar-refractivity contribution in [3.05, 3.63) is 64.7 Å². The molecule has 0 spiro atoms. The summed E-state index contributed by atoms with van der Waals surface area (Å²) >= 11 is 6.06. The number of hydrogen-bond acceptors (Lipinski definition) is 4. The number of nitrogens with one attached hydrogen (secondary N) is 1. The summed E-state index contributed by atoms with van der Waals surface area (Å²) in [6, 6.07) is 13.2. The number of sulfonamides is 1. The summed E-state index contributed by atoms with van der Waals surface area (Å²) in [4.78, 5) is 26.9. The van der Waals surface area contributed by atoms with Gasteiger partial charge in [0.05, 0.1) is 11.9 Å². The highest BCUT2D eigenvalue weighted by molar-refractivity contribution is 7.92. The highest BCUT2D eigenvalue weighted by Gasteiger charge is 2.29. The Morgan fingerprint density at radius 1 is 1.10 bits per heavy atom. The minimum Gasteiger partial charge on any atom is -0.357 e. The topological polar surface area (TPSA) is 86.8 Å². The van der Waals surface area contributed by atoms with Crippen LogP contribution >= 0.6 is 11.6 Å². The van der Waals surface area contributed by atoms with E-state index >= 15 is 0 Å². The molecule has 1 N–H and O–H groups in total. The van der Waals surface area contributed by atoms with E-state index in [-0.39, 0.29) is 12.5 Å². The number of carbonyl (C=O) groups is 2. The normalized spacial score (nSPS) is 12.2. The average Bonchev–Trinajstić information content (AvgIpc) is 2.74. The van der Waals surface area contributed by atoms with E-state index in [2.05, 4.69) is 5.32 Å². The summed E-state index contributed by atoms with van der Waals surface area (Å²) in [5, 5.41) is 3.04. The Morgan fingerprint density at radius 2 is 1.74 bits per heavy atom. The number of carbonyl (C=O) groups excluding carboxylic acids is 2. The number of likely N-dealkylation sites (N-methyl/N-ethyl adjacent to an activating group) is 1. The lowest BCUT2D eigenvalue weighted by Crippen LogP contribution is -2.50. The first-order valence-corrected chi connectivity index (χ1v) is 12.1. The van der Waals surface area contributed by atoms with Crippen molar-refractivity contribution in [2.75, 3.05) is 24.2 Å². The molecule has 0 saturated heterocycles. The number of aryl methyl sites for hydroxylation is 1. The van der Waals surface area contributed by atoms with E-state index in [4.69, 9.17) is 11.6 Å². The van der Waals surface area contributed by atoms with Crippen LogP contribution in [0.4, 0.5) is 5.69 Å². The molecule has 0 aliphatic heterocycles. The average molecular weight is 466 g/mol. The first kappa shape index (κ1) is 24.7. The zero-order valence-electron chi connectivity index (χ0n) is 18.1. The van der Waals surface area contributed by atoms with Crippen LogP contribution in [0.25, 0.3) is 0 Å².